The topological polar surface area (TPSA) is 51.3 Å². The molecule has 3 heteroatoms. The second-order valence-corrected chi connectivity index (χ2v) is 7.38. The molecule has 0 spiro atoms. The third-order valence-electron chi connectivity index (χ3n) is 4.85. The zero-order valence-electron chi connectivity index (χ0n) is 15.2. The number of nitrogens with two attached hydrogens (primary N) is 1. The van der Waals surface area contributed by atoms with E-state index in [1.54, 1.807) is 0 Å². The van der Waals surface area contributed by atoms with Crippen LogP contribution in [-0.2, 0) is 18.5 Å². The van der Waals surface area contributed by atoms with Crippen LogP contribution in [0.15, 0.2) is 65.7 Å². The number of hydrogen-bond acceptors (Lipinski definition) is 3. The van der Waals surface area contributed by atoms with Crippen molar-refractivity contribution in [1.29, 1.82) is 0 Å². The van der Waals surface area contributed by atoms with Gasteiger partial charge in [0.25, 0.3) is 0 Å². The molecule has 0 atom stereocenters. The highest BCUT2D eigenvalue weighted by molar-refractivity contribution is 5.82. The Morgan fingerprint density at radius 2 is 1.65 bits per heavy atom. The van der Waals surface area contributed by atoms with Crippen LogP contribution in [0.1, 0.15) is 30.7 Å². The van der Waals surface area contributed by atoms with E-state index in [9.17, 15) is 0 Å². The number of pyridine rings is 1. The van der Waals surface area contributed by atoms with Gasteiger partial charge in [0.1, 0.15) is 0 Å². The highest BCUT2D eigenvalue weighted by atomic mass is 14.8. The van der Waals surface area contributed by atoms with E-state index in [1.807, 2.05) is 26.1 Å². The Kier molecular flexibility index (Phi) is 4.17. The van der Waals surface area contributed by atoms with Crippen LogP contribution >= 0.6 is 0 Å². The monoisotopic (exact) mass is 341 g/mol. The van der Waals surface area contributed by atoms with Crippen molar-refractivity contribution in [1.82, 2.24) is 4.98 Å². The van der Waals surface area contributed by atoms with Gasteiger partial charge in [0, 0.05) is 29.3 Å². The molecule has 130 valence electrons. The van der Waals surface area contributed by atoms with Crippen molar-refractivity contribution in [3.8, 4) is 22.4 Å². The summed E-state index contributed by atoms with van der Waals surface area (Å²) in [7, 11) is 0. The highest BCUT2D eigenvalue weighted by Crippen LogP contribution is 2.34. The van der Waals surface area contributed by atoms with Gasteiger partial charge < -0.3 is 5.73 Å². The zero-order valence-corrected chi connectivity index (χ0v) is 15.2. The minimum Gasteiger partial charge on any atom is -0.322 e. The maximum Gasteiger partial charge on any atom is 0.0783 e. The first kappa shape index (κ1) is 16.7. The summed E-state index contributed by atoms with van der Waals surface area (Å²) in [4.78, 5) is 9.44. The quantitative estimate of drug-likeness (QED) is 0.748. The number of benzene rings is 2. The number of nitrogens with zero attached hydrogens (tertiary/aromatic N) is 2. The normalized spacial score (nSPS) is 13.5. The molecule has 2 N–H and O–H groups in total. The summed E-state index contributed by atoms with van der Waals surface area (Å²) in [6.45, 7) is 4.75. The molecule has 0 fully saturated rings. The Labute approximate surface area is 154 Å². The molecule has 2 heterocycles. The Hall–Kier alpha value is -2.78. The Bertz CT molecular complexity index is 949. The second kappa shape index (κ2) is 6.50. The van der Waals surface area contributed by atoms with Crippen molar-refractivity contribution in [2.75, 3.05) is 0 Å². The first-order valence-electron chi connectivity index (χ1n) is 8.99. The molecule has 2 aromatic carbocycles. The first-order chi connectivity index (χ1) is 12.5. The lowest BCUT2D eigenvalue weighted by Crippen LogP contribution is -2.28. The third kappa shape index (κ3) is 3.18. The fourth-order valence-corrected chi connectivity index (χ4v) is 3.34. The lowest BCUT2D eigenvalue weighted by atomic mass is 9.92. The molecular weight excluding hydrogens is 318 g/mol. The van der Waals surface area contributed by atoms with Crippen LogP contribution in [-0.4, -0.2) is 11.2 Å². The maximum atomic E-state index is 6.23. The van der Waals surface area contributed by atoms with Gasteiger partial charge in [0.15, 0.2) is 0 Å². The van der Waals surface area contributed by atoms with Crippen molar-refractivity contribution in [3.05, 3.63) is 77.5 Å². The Morgan fingerprint density at radius 1 is 0.923 bits per heavy atom. The first-order valence-corrected chi connectivity index (χ1v) is 8.99. The number of hydrogen-bond donors (Lipinski definition) is 1. The van der Waals surface area contributed by atoms with Crippen molar-refractivity contribution in [2.45, 2.75) is 32.4 Å². The minimum absolute atomic E-state index is 0.347. The standard InChI is InChI=1S/C23H23N3/c1-23(2,24)19-10-8-17(9-11-19)22-20(16-6-4-3-5-7-16)14-18-15-25-13-12-21(18)26-22/h3-11,13-14H,12,15,24H2,1-2H3. The molecule has 4 rings (SSSR count). The summed E-state index contributed by atoms with van der Waals surface area (Å²) in [5.41, 5.74) is 13.8. The van der Waals surface area contributed by atoms with Crippen molar-refractivity contribution in [2.24, 2.45) is 10.7 Å². The summed E-state index contributed by atoms with van der Waals surface area (Å²) in [6.07, 6.45) is 2.76. The molecule has 0 amide bonds. The number of fused-ring (bicyclic) bond motifs is 1. The van der Waals surface area contributed by atoms with Gasteiger partial charge in [-0.05, 0) is 36.6 Å². The van der Waals surface area contributed by atoms with Crippen LogP contribution in [0.2, 0.25) is 0 Å². The lowest BCUT2D eigenvalue weighted by molar-refractivity contribution is 0.554. The predicted molar refractivity (Wildman–Crippen MR) is 108 cm³/mol. The smallest absolute Gasteiger partial charge is 0.0783 e. The fourth-order valence-electron chi connectivity index (χ4n) is 3.34. The van der Waals surface area contributed by atoms with Crippen molar-refractivity contribution < 1.29 is 0 Å². The van der Waals surface area contributed by atoms with Gasteiger partial charge in [-0.1, -0.05) is 54.6 Å². The average Bonchev–Trinajstić information content (AvgIpc) is 2.67. The maximum absolute atomic E-state index is 6.23. The average molecular weight is 341 g/mol. The summed E-state index contributed by atoms with van der Waals surface area (Å²) in [5.74, 6) is 0. The summed E-state index contributed by atoms with van der Waals surface area (Å²) in [6, 6.07) is 21.2. The van der Waals surface area contributed by atoms with Crippen molar-refractivity contribution >= 4 is 6.21 Å². The molecule has 1 aliphatic rings. The van der Waals surface area contributed by atoms with Crippen LogP contribution in [0.5, 0.6) is 0 Å². The molecule has 1 aliphatic heterocycles. The van der Waals surface area contributed by atoms with Gasteiger partial charge in [-0.15, -0.1) is 0 Å². The predicted octanol–water partition coefficient (Wildman–Crippen LogP) is 4.74. The van der Waals surface area contributed by atoms with E-state index in [1.165, 1.54) is 11.1 Å². The van der Waals surface area contributed by atoms with Gasteiger partial charge in [-0.25, -0.2) is 0 Å². The van der Waals surface area contributed by atoms with Gasteiger partial charge in [-0.2, -0.15) is 0 Å². The molecule has 0 saturated heterocycles. The van der Waals surface area contributed by atoms with Crippen LogP contribution in [0.4, 0.5) is 0 Å². The van der Waals surface area contributed by atoms with Crippen LogP contribution in [0, 0.1) is 0 Å². The number of rotatable bonds is 3. The minimum atomic E-state index is -0.347. The van der Waals surface area contributed by atoms with Gasteiger partial charge in [0.05, 0.1) is 17.9 Å². The van der Waals surface area contributed by atoms with E-state index in [0.29, 0.717) is 6.54 Å². The van der Waals surface area contributed by atoms with E-state index in [-0.39, 0.29) is 5.54 Å². The highest BCUT2D eigenvalue weighted by Gasteiger charge is 2.18. The van der Waals surface area contributed by atoms with E-state index in [2.05, 4.69) is 59.6 Å². The fraction of sp³-hybridized carbons (Fsp3) is 0.217. The SMILES string of the molecule is CC(C)(N)c1ccc(-c2nc3c(cc2-c2ccccc2)CN=CC3)cc1. The second-order valence-electron chi connectivity index (χ2n) is 7.38. The van der Waals surface area contributed by atoms with Crippen LogP contribution < -0.4 is 5.73 Å². The molecule has 0 bridgehead atoms. The van der Waals surface area contributed by atoms with E-state index in [0.717, 1.165) is 34.5 Å². The van der Waals surface area contributed by atoms with Crippen molar-refractivity contribution in [3.63, 3.8) is 0 Å². The number of aromatic nitrogens is 1. The van der Waals surface area contributed by atoms with Gasteiger partial charge >= 0.3 is 0 Å². The summed E-state index contributed by atoms with van der Waals surface area (Å²) < 4.78 is 0. The molecule has 0 aliphatic carbocycles. The van der Waals surface area contributed by atoms with E-state index >= 15 is 0 Å². The lowest BCUT2D eigenvalue weighted by Gasteiger charge is -2.20. The molecule has 26 heavy (non-hydrogen) atoms. The molecule has 3 aromatic rings. The summed E-state index contributed by atoms with van der Waals surface area (Å²) in [5, 5.41) is 0. The Morgan fingerprint density at radius 3 is 2.35 bits per heavy atom. The molecule has 0 unspecified atom stereocenters. The largest absolute Gasteiger partial charge is 0.322 e. The Balaban J connectivity index is 1.87. The molecule has 0 saturated carbocycles. The van der Waals surface area contributed by atoms with Gasteiger partial charge in [0.2, 0.25) is 0 Å². The van der Waals surface area contributed by atoms with Crippen LogP contribution in [0.3, 0.4) is 0 Å². The molecular formula is C23H23N3. The summed E-state index contributed by atoms with van der Waals surface area (Å²) >= 11 is 0. The number of aliphatic imine (C=N–C) groups is 1. The molecule has 0 radical (unpaired) electrons. The molecule has 1 aromatic heterocycles. The van der Waals surface area contributed by atoms with Gasteiger partial charge in [-0.3, -0.25) is 9.98 Å². The van der Waals surface area contributed by atoms with E-state index in [4.69, 9.17) is 10.7 Å². The van der Waals surface area contributed by atoms with Crippen LogP contribution in [0.25, 0.3) is 22.4 Å². The zero-order chi connectivity index (χ0) is 18.1. The third-order valence-corrected chi connectivity index (χ3v) is 4.85. The molecule has 3 nitrogen and oxygen atoms in total. The van der Waals surface area contributed by atoms with E-state index < -0.39 is 0 Å².